The molecule has 0 saturated heterocycles. The van der Waals surface area contributed by atoms with Crippen LogP contribution >= 0.6 is 0 Å². The van der Waals surface area contributed by atoms with Gasteiger partial charge < -0.3 is 5.32 Å². The average Bonchev–Trinajstić information content (AvgIpc) is 3.15. The quantitative estimate of drug-likeness (QED) is 0.553. The lowest BCUT2D eigenvalue weighted by molar-refractivity contribution is -0.385. The molecule has 0 aliphatic carbocycles. The summed E-state index contributed by atoms with van der Waals surface area (Å²) in [5.74, 6) is -0.274. The average molecular weight is 336 g/mol. The predicted molar refractivity (Wildman–Crippen MR) is 92.2 cm³/mol. The number of hydrogen-bond acceptors (Lipinski definition) is 4. The molecule has 0 saturated carbocycles. The number of carbonyl (C=O) groups excluding carboxylic acids is 1. The largest absolute Gasteiger partial charge is 0.352 e. The highest BCUT2D eigenvalue weighted by Crippen LogP contribution is 2.18. The van der Waals surface area contributed by atoms with Crippen LogP contribution in [0.2, 0.25) is 0 Å². The standard InChI is InChI=1S/C18H16N4O3/c23-18(12-14-6-1-4-9-17(14)22(24)25)19-13-15-7-2-3-8-16(15)21-11-5-10-20-21/h1-11H,12-13H2,(H,19,23). The van der Waals surface area contributed by atoms with Crippen LogP contribution in [0.1, 0.15) is 11.1 Å². The second kappa shape index (κ2) is 7.39. The van der Waals surface area contributed by atoms with E-state index in [1.54, 1.807) is 29.1 Å². The van der Waals surface area contributed by atoms with Crippen molar-refractivity contribution in [2.45, 2.75) is 13.0 Å². The van der Waals surface area contributed by atoms with Crippen molar-refractivity contribution in [3.63, 3.8) is 0 Å². The Morgan fingerprint density at radius 2 is 1.80 bits per heavy atom. The lowest BCUT2D eigenvalue weighted by Gasteiger charge is -2.11. The molecule has 2 aromatic carbocycles. The number of nitro benzene ring substituents is 1. The molecule has 0 radical (unpaired) electrons. The summed E-state index contributed by atoms with van der Waals surface area (Å²) in [6, 6.07) is 15.7. The van der Waals surface area contributed by atoms with Gasteiger partial charge in [0.2, 0.25) is 5.91 Å². The second-order valence-electron chi connectivity index (χ2n) is 5.42. The zero-order chi connectivity index (χ0) is 17.6. The van der Waals surface area contributed by atoms with Crippen LogP contribution in [0.4, 0.5) is 5.69 Å². The van der Waals surface area contributed by atoms with Gasteiger partial charge in [0.15, 0.2) is 0 Å². The van der Waals surface area contributed by atoms with Crippen LogP contribution in [0.15, 0.2) is 67.0 Å². The fourth-order valence-corrected chi connectivity index (χ4v) is 2.56. The summed E-state index contributed by atoms with van der Waals surface area (Å²) in [7, 11) is 0. The van der Waals surface area contributed by atoms with Crippen LogP contribution in [0.3, 0.4) is 0 Å². The summed E-state index contributed by atoms with van der Waals surface area (Å²) in [6.45, 7) is 0.315. The molecule has 3 rings (SSSR count). The van der Waals surface area contributed by atoms with Crippen LogP contribution < -0.4 is 5.32 Å². The molecule has 7 heteroatoms. The number of amides is 1. The Labute approximate surface area is 144 Å². The highest BCUT2D eigenvalue weighted by molar-refractivity contribution is 5.79. The summed E-state index contributed by atoms with van der Waals surface area (Å²) >= 11 is 0. The third-order valence-corrected chi connectivity index (χ3v) is 3.76. The molecule has 25 heavy (non-hydrogen) atoms. The second-order valence-corrected chi connectivity index (χ2v) is 5.42. The van der Waals surface area contributed by atoms with Crippen molar-refractivity contribution in [1.82, 2.24) is 15.1 Å². The lowest BCUT2D eigenvalue weighted by Crippen LogP contribution is -2.25. The summed E-state index contributed by atoms with van der Waals surface area (Å²) in [5, 5.41) is 18.0. The van der Waals surface area contributed by atoms with Gasteiger partial charge in [0.25, 0.3) is 5.69 Å². The van der Waals surface area contributed by atoms with E-state index in [-0.39, 0.29) is 18.0 Å². The molecule has 0 fully saturated rings. The molecule has 3 aromatic rings. The third-order valence-electron chi connectivity index (χ3n) is 3.76. The minimum absolute atomic E-state index is 0.0406. The molecular weight excluding hydrogens is 320 g/mol. The van der Waals surface area contributed by atoms with E-state index in [9.17, 15) is 14.9 Å². The third kappa shape index (κ3) is 3.89. The Morgan fingerprint density at radius 1 is 1.08 bits per heavy atom. The van der Waals surface area contributed by atoms with Crippen LogP contribution in [-0.4, -0.2) is 20.6 Å². The smallest absolute Gasteiger partial charge is 0.273 e. The van der Waals surface area contributed by atoms with Gasteiger partial charge in [0.05, 0.1) is 17.0 Å². The molecule has 0 unspecified atom stereocenters. The Bertz CT molecular complexity index is 891. The minimum atomic E-state index is -0.477. The minimum Gasteiger partial charge on any atom is -0.352 e. The van der Waals surface area contributed by atoms with E-state index in [4.69, 9.17) is 0 Å². The van der Waals surface area contributed by atoms with Gasteiger partial charge in [-0.2, -0.15) is 5.10 Å². The van der Waals surface area contributed by atoms with E-state index >= 15 is 0 Å². The van der Waals surface area contributed by atoms with E-state index in [0.29, 0.717) is 12.1 Å². The number of aromatic nitrogens is 2. The van der Waals surface area contributed by atoms with Crippen molar-refractivity contribution in [3.05, 3.63) is 88.2 Å². The fraction of sp³-hybridized carbons (Fsp3) is 0.111. The van der Waals surface area contributed by atoms with Crippen molar-refractivity contribution in [3.8, 4) is 5.69 Å². The monoisotopic (exact) mass is 336 g/mol. The van der Waals surface area contributed by atoms with E-state index in [1.165, 1.54) is 6.07 Å². The number of carbonyl (C=O) groups is 1. The van der Waals surface area contributed by atoms with Crippen LogP contribution in [0.5, 0.6) is 0 Å². The Morgan fingerprint density at radius 3 is 2.52 bits per heavy atom. The molecular formula is C18H16N4O3. The summed E-state index contributed by atoms with van der Waals surface area (Å²) < 4.78 is 1.73. The molecule has 0 bridgehead atoms. The van der Waals surface area contributed by atoms with Crippen molar-refractivity contribution in [2.75, 3.05) is 0 Å². The van der Waals surface area contributed by atoms with Crippen molar-refractivity contribution in [2.24, 2.45) is 0 Å². The van der Waals surface area contributed by atoms with Gasteiger partial charge in [0.1, 0.15) is 0 Å². The maximum absolute atomic E-state index is 12.2. The molecule has 1 aromatic heterocycles. The van der Waals surface area contributed by atoms with Gasteiger partial charge in [-0.15, -0.1) is 0 Å². The molecule has 1 amide bonds. The topological polar surface area (TPSA) is 90.1 Å². The first-order valence-electron chi connectivity index (χ1n) is 7.72. The Balaban J connectivity index is 1.69. The normalized spacial score (nSPS) is 10.4. The van der Waals surface area contributed by atoms with Gasteiger partial charge in [0, 0.05) is 30.6 Å². The van der Waals surface area contributed by atoms with E-state index in [1.807, 2.05) is 36.5 Å². The van der Waals surface area contributed by atoms with Crippen molar-refractivity contribution < 1.29 is 9.72 Å². The number of nitrogens with one attached hydrogen (secondary N) is 1. The summed E-state index contributed by atoms with van der Waals surface area (Å²) in [5.41, 5.74) is 2.13. The molecule has 1 heterocycles. The van der Waals surface area contributed by atoms with Crippen molar-refractivity contribution in [1.29, 1.82) is 0 Å². The maximum atomic E-state index is 12.2. The first kappa shape index (κ1) is 16.4. The Hall–Kier alpha value is -3.48. The number of nitrogens with zero attached hydrogens (tertiary/aromatic N) is 3. The highest BCUT2D eigenvalue weighted by Gasteiger charge is 2.15. The van der Waals surface area contributed by atoms with Crippen LogP contribution in [0.25, 0.3) is 5.69 Å². The SMILES string of the molecule is O=C(Cc1ccccc1[N+](=O)[O-])NCc1ccccc1-n1cccn1. The molecule has 1 N–H and O–H groups in total. The zero-order valence-electron chi connectivity index (χ0n) is 13.3. The molecule has 0 aliphatic heterocycles. The fourth-order valence-electron chi connectivity index (χ4n) is 2.56. The number of nitro groups is 1. The molecule has 0 spiro atoms. The number of hydrogen-bond donors (Lipinski definition) is 1. The molecule has 0 atom stereocenters. The number of rotatable bonds is 6. The number of benzene rings is 2. The van der Waals surface area contributed by atoms with Gasteiger partial charge in [-0.3, -0.25) is 14.9 Å². The van der Waals surface area contributed by atoms with E-state index in [2.05, 4.69) is 10.4 Å². The molecule has 0 aliphatic rings. The van der Waals surface area contributed by atoms with Gasteiger partial charge in [-0.25, -0.2) is 4.68 Å². The van der Waals surface area contributed by atoms with Gasteiger partial charge in [-0.1, -0.05) is 36.4 Å². The first-order valence-corrected chi connectivity index (χ1v) is 7.72. The van der Waals surface area contributed by atoms with Crippen molar-refractivity contribution >= 4 is 11.6 Å². The number of para-hydroxylation sites is 2. The maximum Gasteiger partial charge on any atom is 0.273 e. The Kier molecular flexibility index (Phi) is 4.84. The van der Waals surface area contributed by atoms with E-state index < -0.39 is 4.92 Å². The van der Waals surface area contributed by atoms with Crippen LogP contribution in [-0.2, 0) is 17.8 Å². The predicted octanol–water partition coefficient (Wildman–Crippen LogP) is 2.64. The van der Waals surface area contributed by atoms with Gasteiger partial charge in [-0.05, 0) is 17.7 Å². The zero-order valence-corrected chi connectivity index (χ0v) is 13.3. The first-order chi connectivity index (χ1) is 12.1. The molecule has 126 valence electrons. The van der Waals surface area contributed by atoms with Gasteiger partial charge >= 0.3 is 0 Å². The molecule has 7 nitrogen and oxygen atoms in total. The van der Waals surface area contributed by atoms with Crippen LogP contribution in [0, 0.1) is 10.1 Å². The lowest BCUT2D eigenvalue weighted by atomic mass is 10.1. The summed E-state index contributed by atoms with van der Waals surface area (Å²) in [4.78, 5) is 22.7. The highest BCUT2D eigenvalue weighted by atomic mass is 16.6. The van der Waals surface area contributed by atoms with E-state index in [0.717, 1.165) is 11.3 Å². The summed E-state index contributed by atoms with van der Waals surface area (Å²) in [6.07, 6.45) is 3.47.